The molecule has 0 heterocycles. The molecular formula is C6H9ClO2. The zero-order valence-electron chi connectivity index (χ0n) is 4.96. The van der Waals surface area contributed by atoms with Crippen LogP contribution in [-0.2, 0) is 4.79 Å². The van der Waals surface area contributed by atoms with E-state index in [1.807, 2.05) is 0 Å². The van der Waals surface area contributed by atoms with Gasteiger partial charge in [-0.05, 0) is 12.8 Å². The van der Waals surface area contributed by atoms with E-state index in [1.54, 1.807) is 0 Å². The van der Waals surface area contributed by atoms with Gasteiger partial charge in [0.25, 0.3) is 0 Å². The lowest BCUT2D eigenvalue weighted by atomic mass is 10.1. The molecule has 0 aromatic heterocycles. The fourth-order valence-corrected chi connectivity index (χ4v) is 1.52. The molecule has 0 aliphatic heterocycles. The van der Waals surface area contributed by atoms with Crippen molar-refractivity contribution in [3.05, 3.63) is 0 Å². The average molecular weight is 149 g/mol. The fraction of sp³-hybridized carbons (Fsp3) is 0.833. The second-order valence-corrected chi connectivity index (χ2v) is 3.05. The minimum absolute atomic E-state index is 0.00444. The van der Waals surface area contributed by atoms with E-state index >= 15 is 0 Å². The van der Waals surface area contributed by atoms with Crippen LogP contribution in [-0.4, -0.2) is 22.9 Å². The van der Waals surface area contributed by atoms with Crippen LogP contribution in [0.15, 0.2) is 0 Å². The van der Waals surface area contributed by atoms with Crippen LogP contribution in [0.3, 0.4) is 0 Å². The molecule has 3 heteroatoms. The first kappa shape index (κ1) is 7.03. The predicted octanol–water partition coefficient (Wildman–Crippen LogP) is 0.564. The van der Waals surface area contributed by atoms with Crippen molar-refractivity contribution in [1.29, 1.82) is 0 Å². The molecule has 0 spiro atoms. The number of aliphatic hydroxyl groups excluding tert-OH is 1. The van der Waals surface area contributed by atoms with E-state index in [-0.39, 0.29) is 11.3 Å². The zero-order chi connectivity index (χ0) is 6.85. The lowest BCUT2D eigenvalue weighted by molar-refractivity contribution is -0.113. The molecule has 1 unspecified atom stereocenters. The van der Waals surface area contributed by atoms with Crippen LogP contribution < -0.4 is 0 Å². The molecule has 0 radical (unpaired) electrons. The molecule has 0 aromatic rings. The van der Waals surface area contributed by atoms with Crippen molar-refractivity contribution in [2.45, 2.75) is 24.3 Å². The van der Waals surface area contributed by atoms with Gasteiger partial charge in [-0.3, -0.25) is 0 Å². The van der Waals surface area contributed by atoms with Crippen LogP contribution in [0.25, 0.3) is 0 Å². The van der Waals surface area contributed by atoms with Crippen molar-refractivity contribution in [1.82, 2.24) is 0 Å². The summed E-state index contributed by atoms with van der Waals surface area (Å²) in [4.78, 5) is 10.1. The SMILES string of the molecule is O=C[C@@H]1C[C@H](Cl)CC1O. The van der Waals surface area contributed by atoms with Crippen molar-refractivity contribution < 1.29 is 9.90 Å². The minimum atomic E-state index is -0.495. The van der Waals surface area contributed by atoms with Crippen LogP contribution in [0.2, 0.25) is 0 Å². The molecule has 52 valence electrons. The summed E-state index contributed by atoms with van der Waals surface area (Å²) in [6, 6.07) is 0. The highest BCUT2D eigenvalue weighted by atomic mass is 35.5. The highest BCUT2D eigenvalue weighted by molar-refractivity contribution is 6.20. The molecule has 3 atom stereocenters. The summed E-state index contributed by atoms with van der Waals surface area (Å²) in [6.45, 7) is 0. The number of alkyl halides is 1. The Hall–Kier alpha value is -0.0800. The van der Waals surface area contributed by atoms with Gasteiger partial charge < -0.3 is 9.90 Å². The van der Waals surface area contributed by atoms with Crippen LogP contribution in [0, 0.1) is 5.92 Å². The Labute approximate surface area is 58.8 Å². The van der Waals surface area contributed by atoms with Gasteiger partial charge in [0.1, 0.15) is 6.29 Å². The molecule has 2 nitrogen and oxygen atoms in total. The highest BCUT2D eigenvalue weighted by Gasteiger charge is 2.30. The first-order chi connectivity index (χ1) is 4.24. The summed E-state index contributed by atoms with van der Waals surface area (Å²) in [5, 5.41) is 9.04. The van der Waals surface area contributed by atoms with E-state index in [4.69, 9.17) is 16.7 Å². The summed E-state index contributed by atoms with van der Waals surface area (Å²) in [5.41, 5.74) is 0. The fourth-order valence-electron chi connectivity index (χ4n) is 1.13. The van der Waals surface area contributed by atoms with E-state index in [9.17, 15) is 4.79 Å². The van der Waals surface area contributed by atoms with Gasteiger partial charge in [0.15, 0.2) is 0 Å². The molecule has 0 bridgehead atoms. The van der Waals surface area contributed by atoms with Crippen LogP contribution in [0.4, 0.5) is 0 Å². The third-order valence-electron chi connectivity index (χ3n) is 1.69. The maximum Gasteiger partial charge on any atom is 0.125 e. The smallest absolute Gasteiger partial charge is 0.125 e. The average Bonchev–Trinajstić information content (AvgIpc) is 2.10. The number of hydrogen-bond donors (Lipinski definition) is 1. The molecule has 0 aromatic carbocycles. The van der Waals surface area contributed by atoms with Gasteiger partial charge in [-0.2, -0.15) is 0 Å². The summed E-state index contributed by atoms with van der Waals surface area (Å²) >= 11 is 5.66. The second-order valence-electron chi connectivity index (χ2n) is 2.44. The van der Waals surface area contributed by atoms with Crippen LogP contribution in [0.1, 0.15) is 12.8 Å². The van der Waals surface area contributed by atoms with Gasteiger partial charge in [-0.25, -0.2) is 0 Å². The standard InChI is InChI=1S/C6H9ClO2/c7-5-1-4(3-8)6(9)2-5/h3-6,9H,1-2H2/t4-,5-,6?/m0/s1. The zero-order valence-corrected chi connectivity index (χ0v) is 5.71. The molecule has 0 saturated heterocycles. The number of carbonyl (C=O) groups excluding carboxylic acids is 1. The number of rotatable bonds is 1. The molecule has 1 N–H and O–H groups in total. The Kier molecular flexibility index (Phi) is 2.09. The van der Waals surface area contributed by atoms with Crippen molar-refractivity contribution in [3.8, 4) is 0 Å². The van der Waals surface area contributed by atoms with Gasteiger partial charge in [-0.1, -0.05) is 0 Å². The molecule has 9 heavy (non-hydrogen) atoms. The summed E-state index contributed by atoms with van der Waals surface area (Å²) in [7, 11) is 0. The van der Waals surface area contributed by atoms with Gasteiger partial charge in [0.05, 0.1) is 6.10 Å². The number of hydrogen-bond acceptors (Lipinski definition) is 2. The van der Waals surface area contributed by atoms with Crippen molar-refractivity contribution in [3.63, 3.8) is 0 Å². The summed E-state index contributed by atoms with van der Waals surface area (Å²) in [6.07, 6.45) is 1.48. The quantitative estimate of drug-likeness (QED) is 0.436. The molecule has 0 amide bonds. The lowest BCUT2D eigenvalue weighted by Gasteiger charge is -2.02. The normalized spacial score (nSPS) is 43.1. The van der Waals surface area contributed by atoms with Crippen molar-refractivity contribution in [2.24, 2.45) is 5.92 Å². The maximum atomic E-state index is 10.1. The van der Waals surface area contributed by atoms with Crippen molar-refractivity contribution in [2.75, 3.05) is 0 Å². The third-order valence-corrected chi connectivity index (χ3v) is 2.05. The monoisotopic (exact) mass is 148 g/mol. The molecule has 1 saturated carbocycles. The Balaban J connectivity index is 2.47. The number of aldehydes is 1. The largest absolute Gasteiger partial charge is 0.392 e. The topological polar surface area (TPSA) is 37.3 Å². The first-order valence-corrected chi connectivity index (χ1v) is 3.45. The van der Waals surface area contributed by atoms with E-state index < -0.39 is 6.10 Å². The van der Waals surface area contributed by atoms with E-state index in [1.165, 1.54) is 0 Å². The molecule has 1 aliphatic carbocycles. The van der Waals surface area contributed by atoms with Crippen LogP contribution >= 0.6 is 11.6 Å². The minimum Gasteiger partial charge on any atom is -0.392 e. The third kappa shape index (κ3) is 1.43. The molecule has 1 fully saturated rings. The Bertz CT molecular complexity index is 116. The second kappa shape index (κ2) is 2.67. The highest BCUT2D eigenvalue weighted by Crippen LogP contribution is 2.28. The first-order valence-electron chi connectivity index (χ1n) is 3.01. The molecule has 1 rings (SSSR count). The van der Waals surface area contributed by atoms with Gasteiger partial charge in [-0.15, -0.1) is 11.6 Å². The molecular weight excluding hydrogens is 140 g/mol. The van der Waals surface area contributed by atoms with Crippen LogP contribution in [0.5, 0.6) is 0 Å². The van der Waals surface area contributed by atoms with Crippen molar-refractivity contribution >= 4 is 17.9 Å². The van der Waals surface area contributed by atoms with Gasteiger partial charge in [0, 0.05) is 11.3 Å². The lowest BCUT2D eigenvalue weighted by Crippen LogP contribution is -2.13. The van der Waals surface area contributed by atoms with E-state index in [2.05, 4.69) is 0 Å². The van der Waals surface area contributed by atoms with Gasteiger partial charge >= 0.3 is 0 Å². The number of carbonyl (C=O) groups is 1. The molecule has 1 aliphatic rings. The number of aliphatic hydroxyl groups is 1. The van der Waals surface area contributed by atoms with E-state index in [0.717, 1.165) is 6.29 Å². The maximum absolute atomic E-state index is 10.1. The van der Waals surface area contributed by atoms with E-state index in [0.29, 0.717) is 12.8 Å². The Morgan fingerprint density at radius 3 is 2.44 bits per heavy atom. The Morgan fingerprint density at radius 2 is 2.22 bits per heavy atom. The summed E-state index contributed by atoms with van der Waals surface area (Å²) < 4.78 is 0. The predicted molar refractivity (Wildman–Crippen MR) is 34.4 cm³/mol. The van der Waals surface area contributed by atoms with Gasteiger partial charge in [0.2, 0.25) is 0 Å². The Morgan fingerprint density at radius 1 is 1.56 bits per heavy atom. The summed E-state index contributed by atoms with van der Waals surface area (Å²) in [5.74, 6) is -0.215. The number of halogens is 1.